The third-order valence-electron chi connectivity index (χ3n) is 2.94. The highest BCUT2D eigenvalue weighted by atomic mass is 16.5. The lowest BCUT2D eigenvalue weighted by molar-refractivity contribution is 0.363. The molecule has 0 bridgehead atoms. The first-order chi connectivity index (χ1) is 7.88. The highest BCUT2D eigenvalue weighted by Crippen LogP contribution is 2.42. The van der Waals surface area contributed by atoms with Crippen LogP contribution < -0.4 is 5.73 Å². The molecule has 0 amide bonds. The standard InChI is InChI=1S/C11H14N4O/c12-7-9-13-11(14-16-9)10(8-3-4-8)15-5-1-2-6-15/h1-2,5-6,8,10H,3-4,7,12H2/t10-/m0/s1. The van der Waals surface area contributed by atoms with Crippen LogP contribution in [0.3, 0.4) is 0 Å². The van der Waals surface area contributed by atoms with Crippen LogP contribution in [-0.2, 0) is 6.54 Å². The molecule has 2 aromatic rings. The lowest BCUT2D eigenvalue weighted by Crippen LogP contribution is -2.12. The Labute approximate surface area is 93.3 Å². The molecular formula is C11H14N4O. The second-order valence-electron chi connectivity index (χ2n) is 4.16. The third kappa shape index (κ3) is 1.63. The minimum atomic E-state index is 0.207. The van der Waals surface area contributed by atoms with E-state index in [1.165, 1.54) is 12.8 Å². The van der Waals surface area contributed by atoms with Crippen molar-refractivity contribution in [3.05, 3.63) is 36.2 Å². The van der Waals surface area contributed by atoms with E-state index in [-0.39, 0.29) is 6.04 Å². The van der Waals surface area contributed by atoms with Crippen LogP contribution in [0.1, 0.15) is 30.6 Å². The Hall–Kier alpha value is -1.62. The molecule has 1 saturated carbocycles. The summed E-state index contributed by atoms with van der Waals surface area (Å²) in [4.78, 5) is 4.32. The number of rotatable bonds is 4. The molecule has 2 N–H and O–H groups in total. The molecule has 5 nitrogen and oxygen atoms in total. The molecule has 1 aliphatic carbocycles. The number of hydrogen-bond acceptors (Lipinski definition) is 4. The molecule has 3 rings (SSSR count). The van der Waals surface area contributed by atoms with Crippen molar-refractivity contribution in [2.45, 2.75) is 25.4 Å². The van der Waals surface area contributed by atoms with Crippen molar-refractivity contribution in [2.75, 3.05) is 0 Å². The number of nitrogens with two attached hydrogens (primary N) is 1. The van der Waals surface area contributed by atoms with E-state index in [0.29, 0.717) is 18.4 Å². The molecule has 16 heavy (non-hydrogen) atoms. The SMILES string of the molecule is NCc1nc([C@H](C2CC2)n2cccc2)no1. The average molecular weight is 218 g/mol. The van der Waals surface area contributed by atoms with Crippen LogP contribution in [0.4, 0.5) is 0 Å². The van der Waals surface area contributed by atoms with E-state index in [0.717, 1.165) is 5.82 Å². The molecule has 84 valence electrons. The second kappa shape index (κ2) is 3.75. The van der Waals surface area contributed by atoms with Crippen molar-refractivity contribution in [2.24, 2.45) is 11.7 Å². The second-order valence-corrected chi connectivity index (χ2v) is 4.16. The van der Waals surface area contributed by atoms with Gasteiger partial charge in [0, 0.05) is 12.4 Å². The molecule has 1 aliphatic rings. The Kier molecular flexibility index (Phi) is 2.25. The van der Waals surface area contributed by atoms with Gasteiger partial charge in [-0.2, -0.15) is 4.98 Å². The molecule has 2 heterocycles. The van der Waals surface area contributed by atoms with Crippen molar-refractivity contribution in [1.29, 1.82) is 0 Å². The van der Waals surface area contributed by atoms with Crippen LogP contribution >= 0.6 is 0 Å². The minimum absolute atomic E-state index is 0.207. The smallest absolute Gasteiger partial charge is 0.240 e. The Morgan fingerprint density at radius 3 is 2.75 bits per heavy atom. The molecule has 1 atom stereocenters. The zero-order valence-corrected chi connectivity index (χ0v) is 8.91. The zero-order valence-electron chi connectivity index (χ0n) is 8.91. The first kappa shape index (κ1) is 9.59. The molecule has 0 unspecified atom stereocenters. The van der Waals surface area contributed by atoms with Crippen LogP contribution in [0.15, 0.2) is 29.0 Å². The van der Waals surface area contributed by atoms with Gasteiger partial charge in [-0.05, 0) is 30.9 Å². The van der Waals surface area contributed by atoms with Crippen LogP contribution in [0.5, 0.6) is 0 Å². The molecule has 0 spiro atoms. The van der Waals surface area contributed by atoms with E-state index in [2.05, 4.69) is 14.7 Å². The molecule has 1 fully saturated rings. The van der Waals surface area contributed by atoms with E-state index in [9.17, 15) is 0 Å². The van der Waals surface area contributed by atoms with E-state index < -0.39 is 0 Å². The topological polar surface area (TPSA) is 69.9 Å². The zero-order chi connectivity index (χ0) is 11.0. The fraction of sp³-hybridized carbons (Fsp3) is 0.455. The normalized spacial score (nSPS) is 17.6. The maximum Gasteiger partial charge on any atom is 0.240 e. The van der Waals surface area contributed by atoms with Crippen molar-refractivity contribution < 1.29 is 4.52 Å². The van der Waals surface area contributed by atoms with Gasteiger partial charge in [0.15, 0.2) is 5.82 Å². The fourth-order valence-corrected chi connectivity index (χ4v) is 2.00. The summed E-state index contributed by atoms with van der Waals surface area (Å²) in [5.74, 6) is 1.89. The molecule has 0 aliphatic heterocycles. The Morgan fingerprint density at radius 1 is 1.44 bits per heavy atom. The Morgan fingerprint density at radius 2 is 2.19 bits per heavy atom. The van der Waals surface area contributed by atoms with Crippen molar-refractivity contribution in [3.63, 3.8) is 0 Å². The van der Waals surface area contributed by atoms with Gasteiger partial charge in [0.1, 0.15) is 0 Å². The predicted octanol–water partition coefficient (Wildman–Crippen LogP) is 1.33. The largest absolute Gasteiger partial charge is 0.343 e. The number of nitrogens with zero attached hydrogens (tertiary/aromatic N) is 3. The first-order valence-corrected chi connectivity index (χ1v) is 5.53. The van der Waals surface area contributed by atoms with Gasteiger partial charge in [0.25, 0.3) is 0 Å². The van der Waals surface area contributed by atoms with Crippen LogP contribution in [0.25, 0.3) is 0 Å². The van der Waals surface area contributed by atoms with Gasteiger partial charge in [-0.15, -0.1) is 0 Å². The molecule has 0 saturated heterocycles. The van der Waals surface area contributed by atoms with Crippen LogP contribution in [0, 0.1) is 5.92 Å². The molecule has 0 radical (unpaired) electrons. The van der Waals surface area contributed by atoms with E-state index in [4.69, 9.17) is 10.3 Å². The maximum absolute atomic E-state index is 5.47. The summed E-state index contributed by atoms with van der Waals surface area (Å²) in [5.41, 5.74) is 5.47. The Balaban J connectivity index is 1.93. The summed E-state index contributed by atoms with van der Waals surface area (Å²) in [7, 11) is 0. The quantitative estimate of drug-likeness (QED) is 0.840. The summed E-state index contributed by atoms with van der Waals surface area (Å²) in [5, 5.41) is 4.02. The average Bonchev–Trinajstić information content (AvgIpc) is 2.83. The molecule has 5 heteroatoms. The van der Waals surface area contributed by atoms with Crippen molar-refractivity contribution in [3.8, 4) is 0 Å². The van der Waals surface area contributed by atoms with Gasteiger partial charge < -0.3 is 14.8 Å². The van der Waals surface area contributed by atoms with E-state index in [1.807, 2.05) is 24.5 Å². The monoisotopic (exact) mass is 218 g/mol. The van der Waals surface area contributed by atoms with Gasteiger partial charge in [-0.25, -0.2) is 0 Å². The summed E-state index contributed by atoms with van der Waals surface area (Å²) in [6.07, 6.45) is 6.55. The molecule has 2 aromatic heterocycles. The number of hydrogen-bond donors (Lipinski definition) is 1. The maximum atomic E-state index is 5.47. The fourth-order valence-electron chi connectivity index (χ4n) is 2.00. The lowest BCUT2D eigenvalue weighted by Gasteiger charge is -2.13. The summed E-state index contributed by atoms with van der Waals surface area (Å²) < 4.78 is 7.21. The lowest BCUT2D eigenvalue weighted by atomic mass is 10.2. The molecule has 0 aromatic carbocycles. The van der Waals surface area contributed by atoms with Gasteiger partial charge in [-0.1, -0.05) is 5.16 Å². The van der Waals surface area contributed by atoms with Crippen molar-refractivity contribution >= 4 is 0 Å². The minimum Gasteiger partial charge on any atom is -0.343 e. The van der Waals surface area contributed by atoms with Crippen LogP contribution in [-0.4, -0.2) is 14.7 Å². The van der Waals surface area contributed by atoms with E-state index >= 15 is 0 Å². The van der Waals surface area contributed by atoms with Gasteiger partial charge in [0.2, 0.25) is 5.89 Å². The first-order valence-electron chi connectivity index (χ1n) is 5.53. The van der Waals surface area contributed by atoms with Gasteiger partial charge in [-0.3, -0.25) is 0 Å². The van der Waals surface area contributed by atoms with Gasteiger partial charge >= 0.3 is 0 Å². The number of aromatic nitrogens is 3. The predicted molar refractivity (Wildman–Crippen MR) is 57.5 cm³/mol. The summed E-state index contributed by atoms with van der Waals surface area (Å²) in [6.45, 7) is 0.302. The Bertz CT molecular complexity index is 458. The van der Waals surface area contributed by atoms with E-state index in [1.54, 1.807) is 0 Å². The highest BCUT2D eigenvalue weighted by Gasteiger charge is 2.36. The van der Waals surface area contributed by atoms with Crippen molar-refractivity contribution in [1.82, 2.24) is 14.7 Å². The van der Waals surface area contributed by atoms with Crippen LogP contribution in [0.2, 0.25) is 0 Å². The third-order valence-corrected chi connectivity index (χ3v) is 2.94. The summed E-state index contributed by atoms with van der Waals surface area (Å²) >= 11 is 0. The summed E-state index contributed by atoms with van der Waals surface area (Å²) in [6, 6.07) is 4.23. The molecular weight excluding hydrogens is 204 g/mol. The highest BCUT2D eigenvalue weighted by molar-refractivity contribution is 5.07. The van der Waals surface area contributed by atoms with Gasteiger partial charge in [0.05, 0.1) is 12.6 Å².